The summed E-state index contributed by atoms with van der Waals surface area (Å²) in [6, 6.07) is 11.4. The first-order chi connectivity index (χ1) is 13.0. The van der Waals surface area contributed by atoms with Crippen LogP contribution in [-0.2, 0) is 13.2 Å². The quantitative estimate of drug-likeness (QED) is 0.707. The summed E-state index contributed by atoms with van der Waals surface area (Å²) < 4.78 is 7.50. The second kappa shape index (κ2) is 8.03. The predicted octanol–water partition coefficient (Wildman–Crippen LogP) is 3.47. The van der Waals surface area contributed by atoms with E-state index < -0.39 is 0 Å². The minimum atomic E-state index is -0.0662. The number of aliphatic imine (C=N–C) groups is 1. The highest BCUT2D eigenvalue weighted by Crippen LogP contribution is 2.20. The number of carbonyl (C=O) groups excluding carboxylic acids is 1. The zero-order chi connectivity index (χ0) is 19.4. The minimum absolute atomic E-state index is 0.00284. The monoisotopic (exact) mass is 364 g/mol. The maximum absolute atomic E-state index is 13.0. The molecule has 2 aromatic rings. The number of ether oxygens (including phenoxy) is 1. The number of allylic oxidation sites excluding steroid dienone is 1. The van der Waals surface area contributed by atoms with E-state index in [1.165, 1.54) is 0 Å². The van der Waals surface area contributed by atoms with Crippen LogP contribution in [0.1, 0.15) is 30.0 Å². The van der Waals surface area contributed by atoms with Gasteiger partial charge in [-0.25, -0.2) is 0 Å². The van der Waals surface area contributed by atoms with Gasteiger partial charge in [0.15, 0.2) is 0 Å². The largest absolute Gasteiger partial charge is 0.487 e. The van der Waals surface area contributed by atoms with E-state index in [4.69, 9.17) is 4.74 Å². The summed E-state index contributed by atoms with van der Waals surface area (Å²) in [5.74, 6) is 0.708. The van der Waals surface area contributed by atoms with Crippen LogP contribution < -0.4 is 4.74 Å². The summed E-state index contributed by atoms with van der Waals surface area (Å²) in [5.41, 5.74) is 2.71. The third-order valence-electron chi connectivity index (χ3n) is 4.31. The molecule has 6 nitrogen and oxygen atoms in total. The van der Waals surface area contributed by atoms with E-state index in [0.717, 1.165) is 17.2 Å². The smallest absolute Gasteiger partial charge is 0.272 e. The molecule has 1 aromatic heterocycles. The van der Waals surface area contributed by atoms with E-state index in [-0.39, 0.29) is 11.9 Å². The topological polar surface area (TPSA) is 59.7 Å². The van der Waals surface area contributed by atoms with Gasteiger partial charge < -0.3 is 9.64 Å². The van der Waals surface area contributed by atoms with Gasteiger partial charge >= 0.3 is 0 Å². The van der Waals surface area contributed by atoms with Crippen LogP contribution in [-0.4, -0.2) is 38.9 Å². The molecule has 0 radical (unpaired) electrons. The van der Waals surface area contributed by atoms with Crippen molar-refractivity contribution in [2.45, 2.75) is 33.0 Å². The highest BCUT2D eigenvalue weighted by Gasteiger charge is 2.31. The summed E-state index contributed by atoms with van der Waals surface area (Å²) in [5, 5.41) is 4.53. The van der Waals surface area contributed by atoms with Crippen molar-refractivity contribution in [3.8, 4) is 5.75 Å². The first-order valence-corrected chi connectivity index (χ1v) is 8.89. The first-order valence-electron chi connectivity index (χ1n) is 8.89. The number of benzene rings is 1. The molecule has 27 heavy (non-hydrogen) atoms. The fraction of sp³-hybridized carbons (Fsp3) is 0.286. The van der Waals surface area contributed by atoms with Crippen LogP contribution in [0.3, 0.4) is 0 Å². The maximum Gasteiger partial charge on any atom is 0.272 e. The Morgan fingerprint density at radius 3 is 2.81 bits per heavy atom. The van der Waals surface area contributed by atoms with Crippen molar-refractivity contribution in [2.24, 2.45) is 4.99 Å². The molecule has 0 fully saturated rings. The summed E-state index contributed by atoms with van der Waals surface area (Å²) in [7, 11) is 0. The van der Waals surface area contributed by atoms with Crippen LogP contribution in [0.4, 0.5) is 0 Å². The molecule has 0 spiro atoms. The lowest BCUT2D eigenvalue weighted by atomic mass is 10.1. The highest BCUT2D eigenvalue weighted by atomic mass is 16.5. The fourth-order valence-electron chi connectivity index (χ4n) is 3.01. The molecule has 1 amide bonds. The molecule has 3 rings (SSSR count). The molecule has 0 bridgehead atoms. The lowest BCUT2D eigenvalue weighted by molar-refractivity contribution is 0.0641. The average Bonchev–Trinajstić information content (AvgIpc) is 3.06. The molecule has 2 heterocycles. The number of hydrogen-bond donors (Lipinski definition) is 0. The SMILES string of the molecule is C=CC(CN1C(=O)c2cc(COc3ccccc3)nn2C[C@H]1C)=NC(=C)C. The van der Waals surface area contributed by atoms with Gasteiger partial charge in [-0.05, 0) is 38.1 Å². The number of para-hydroxylation sites is 1. The number of carbonyl (C=O) groups is 1. The van der Waals surface area contributed by atoms with Crippen LogP contribution >= 0.6 is 0 Å². The van der Waals surface area contributed by atoms with Gasteiger partial charge in [0.25, 0.3) is 5.91 Å². The van der Waals surface area contributed by atoms with Crippen molar-refractivity contribution in [3.05, 3.63) is 72.7 Å². The van der Waals surface area contributed by atoms with Crippen molar-refractivity contribution in [1.82, 2.24) is 14.7 Å². The Labute approximate surface area is 159 Å². The number of fused-ring (bicyclic) bond motifs is 1. The Morgan fingerprint density at radius 1 is 1.41 bits per heavy atom. The molecular weight excluding hydrogens is 340 g/mol. The zero-order valence-corrected chi connectivity index (χ0v) is 15.8. The van der Waals surface area contributed by atoms with Crippen LogP contribution in [0, 0.1) is 0 Å². The van der Waals surface area contributed by atoms with E-state index in [1.54, 1.807) is 21.7 Å². The van der Waals surface area contributed by atoms with Gasteiger partial charge in [-0.15, -0.1) is 0 Å². The minimum Gasteiger partial charge on any atom is -0.487 e. The van der Waals surface area contributed by atoms with Crippen LogP contribution in [0.25, 0.3) is 0 Å². The number of hydrogen-bond acceptors (Lipinski definition) is 4. The lowest BCUT2D eigenvalue weighted by Gasteiger charge is -2.33. The van der Waals surface area contributed by atoms with E-state index in [1.807, 2.05) is 44.2 Å². The second-order valence-electron chi connectivity index (χ2n) is 6.63. The van der Waals surface area contributed by atoms with Gasteiger partial charge in [0.1, 0.15) is 23.7 Å². The Morgan fingerprint density at radius 2 is 2.15 bits per heavy atom. The van der Waals surface area contributed by atoms with Crippen molar-refractivity contribution in [1.29, 1.82) is 0 Å². The first kappa shape index (κ1) is 18.6. The molecule has 0 aliphatic carbocycles. The molecule has 1 aromatic carbocycles. The Kier molecular flexibility index (Phi) is 5.54. The van der Waals surface area contributed by atoms with Gasteiger partial charge in [0.2, 0.25) is 0 Å². The Hall–Kier alpha value is -3.15. The highest BCUT2D eigenvalue weighted by molar-refractivity contribution is 6.01. The standard InChI is InChI=1S/C21H24N4O2/c1-5-17(22-15(2)3)13-24-16(4)12-25-20(21(24)26)11-18(23-25)14-27-19-9-7-6-8-10-19/h5-11,16H,1-2,12-14H2,3-4H3/t16-/m1/s1. The Bertz CT molecular complexity index is 883. The molecule has 1 atom stereocenters. The normalized spacial score (nSPS) is 16.8. The van der Waals surface area contributed by atoms with Crippen molar-refractivity contribution >= 4 is 11.6 Å². The van der Waals surface area contributed by atoms with Gasteiger partial charge in [-0.1, -0.05) is 31.4 Å². The van der Waals surface area contributed by atoms with E-state index >= 15 is 0 Å². The Balaban J connectivity index is 1.75. The van der Waals surface area contributed by atoms with E-state index in [2.05, 4.69) is 23.2 Å². The third-order valence-corrected chi connectivity index (χ3v) is 4.31. The number of amides is 1. The van der Waals surface area contributed by atoms with Crippen molar-refractivity contribution < 1.29 is 9.53 Å². The van der Waals surface area contributed by atoms with Crippen LogP contribution in [0.15, 0.2) is 66.3 Å². The number of nitrogens with zero attached hydrogens (tertiary/aromatic N) is 4. The lowest BCUT2D eigenvalue weighted by Crippen LogP contribution is -2.48. The zero-order valence-electron chi connectivity index (χ0n) is 15.8. The molecule has 0 saturated carbocycles. The van der Waals surface area contributed by atoms with E-state index in [9.17, 15) is 4.79 Å². The predicted molar refractivity (Wildman–Crippen MR) is 106 cm³/mol. The molecule has 0 N–H and O–H groups in total. The summed E-state index contributed by atoms with van der Waals surface area (Å²) >= 11 is 0. The molecule has 0 unspecified atom stereocenters. The van der Waals surface area contributed by atoms with Crippen LogP contribution in [0.5, 0.6) is 5.75 Å². The number of aromatic nitrogens is 2. The summed E-state index contributed by atoms with van der Waals surface area (Å²) in [6.45, 7) is 12.8. The third kappa shape index (κ3) is 4.34. The second-order valence-corrected chi connectivity index (χ2v) is 6.63. The summed E-state index contributed by atoms with van der Waals surface area (Å²) in [4.78, 5) is 19.1. The molecule has 140 valence electrons. The molecule has 1 aliphatic heterocycles. The fourth-order valence-corrected chi connectivity index (χ4v) is 3.01. The van der Waals surface area contributed by atoms with Crippen molar-refractivity contribution in [2.75, 3.05) is 6.54 Å². The van der Waals surface area contributed by atoms with Gasteiger partial charge in [-0.2, -0.15) is 5.10 Å². The molecular formula is C21H24N4O2. The van der Waals surface area contributed by atoms with Gasteiger partial charge in [-0.3, -0.25) is 14.5 Å². The summed E-state index contributed by atoms with van der Waals surface area (Å²) in [6.07, 6.45) is 1.67. The van der Waals surface area contributed by atoms with Crippen molar-refractivity contribution in [3.63, 3.8) is 0 Å². The average molecular weight is 364 g/mol. The maximum atomic E-state index is 13.0. The molecule has 6 heteroatoms. The van der Waals surface area contributed by atoms with Gasteiger partial charge in [0, 0.05) is 11.7 Å². The van der Waals surface area contributed by atoms with Gasteiger partial charge in [0.05, 0.1) is 18.8 Å². The molecule has 0 saturated heterocycles. The van der Waals surface area contributed by atoms with Crippen LogP contribution in [0.2, 0.25) is 0 Å². The van der Waals surface area contributed by atoms with E-state index in [0.29, 0.717) is 31.1 Å². The molecule has 1 aliphatic rings. The number of rotatable bonds is 7.